The van der Waals surface area contributed by atoms with Gasteiger partial charge in [-0.15, -0.1) is 12.4 Å². The summed E-state index contributed by atoms with van der Waals surface area (Å²) in [7, 11) is 0. The van der Waals surface area contributed by atoms with Gasteiger partial charge in [0, 0.05) is 5.57 Å². The lowest BCUT2D eigenvalue weighted by atomic mass is 10.1. The number of carbonyl (C=O) groups is 1. The third-order valence-electron chi connectivity index (χ3n) is 1.13. The van der Waals surface area contributed by atoms with Crippen LogP contribution in [0.25, 0.3) is 0 Å². The third kappa shape index (κ3) is 5.63. The molecule has 0 bridgehead atoms. The number of carboxylic acids is 1. The molecule has 0 aliphatic rings. The minimum atomic E-state index is -0.872. The van der Waals surface area contributed by atoms with E-state index in [1.165, 1.54) is 0 Å². The molecule has 0 aliphatic carbocycles. The van der Waals surface area contributed by atoms with Crippen molar-refractivity contribution < 1.29 is 9.90 Å². The second-order valence-corrected chi connectivity index (χ2v) is 2.01. The Hall–Kier alpha value is -0.500. The topological polar surface area (TPSA) is 37.3 Å². The Kier molecular flexibility index (Phi) is 8.07. The zero-order chi connectivity index (χ0) is 7.28. The van der Waals surface area contributed by atoms with E-state index in [2.05, 4.69) is 6.58 Å². The maximum absolute atomic E-state index is 10.1. The number of rotatable bonds is 4. The molecule has 0 saturated heterocycles. The maximum atomic E-state index is 10.1. The molecular weight excluding hydrogens is 152 g/mol. The first-order valence-corrected chi connectivity index (χ1v) is 3.09. The summed E-state index contributed by atoms with van der Waals surface area (Å²) < 4.78 is 0. The van der Waals surface area contributed by atoms with E-state index in [0.717, 1.165) is 12.8 Å². The van der Waals surface area contributed by atoms with Crippen molar-refractivity contribution in [1.29, 1.82) is 0 Å². The second-order valence-electron chi connectivity index (χ2n) is 2.01. The molecule has 0 aromatic carbocycles. The molecule has 0 unspecified atom stereocenters. The van der Waals surface area contributed by atoms with E-state index < -0.39 is 5.97 Å². The molecule has 0 fully saturated rings. The van der Waals surface area contributed by atoms with Crippen molar-refractivity contribution >= 4 is 18.4 Å². The monoisotopic (exact) mass is 164 g/mol. The average molecular weight is 165 g/mol. The van der Waals surface area contributed by atoms with Crippen LogP contribution in [-0.2, 0) is 4.79 Å². The molecule has 10 heavy (non-hydrogen) atoms. The molecule has 0 spiro atoms. The summed E-state index contributed by atoms with van der Waals surface area (Å²) >= 11 is 0. The molecule has 0 amide bonds. The van der Waals surface area contributed by atoms with Gasteiger partial charge in [-0.05, 0) is 12.8 Å². The van der Waals surface area contributed by atoms with Gasteiger partial charge >= 0.3 is 5.97 Å². The van der Waals surface area contributed by atoms with Crippen LogP contribution in [0.15, 0.2) is 12.2 Å². The highest BCUT2D eigenvalue weighted by molar-refractivity contribution is 5.85. The van der Waals surface area contributed by atoms with E-state index >= 15 is 0 Å². The molecule has 60 valence electrons. The lowest BCUT2D eigenvalue weighted by molar-refractivity contribution is -0.132. The minimum absolute atomic E-state index is 0. The predicted octanol–water partition coefficient (Wildman–Crippen LogP) is 2.24. The Labute approximate surface area is 67.3 Å². The quantitative estimate of drug-likeness (QED) is 0.648. The van der Waals surface area contributed by atoms with Crippen LogP contribution in [0.4, 0.5) is 0 Å². The Bertz CT molecular complexity index is 121. The average Bonchev–Trinajstić information content (AvgIpc) is 1.82. The normalized spacial score (nSPS) is 8.10. The first kappa shape index (κ1) is 12.2. The van der Waals surface area contributed by atoms with Crippen LogP contribution in [0.5, 0.6) is 0 Å². The lowest BCUT2D eigenvalue weighted by Gasteiger charge is -1.95. The molecule has 0 aliphatic heterocycles. The molecule has 2 nitrogen and oxygen atoms in total. The first-order valence-electron chi connectivity index (χ1n) is 3.09. The number of unbranched alkanes of at least 4 members (excludes halogenated alkanes) is 1. The summed E-state index contributed by atoms with van der Waals surface area (Å²) in [6.45, 7) is 5.42. The van der Waals surface area contributed by atoms with Crippen LogP contribution in [0.3, 0.4) is 0 Å². The van der Waals surface area contributed by atoms with Gasteiger partial charge in [-0.3, -0.25) is 0 Å². The number of aliphatic carboxylic acids is 1. The molecule has 0 aromatic rings. The summed E-state index contributed by atoms with van der Waals surface area (Å²) in [5.41, 5.74) is 0.317. The summed E-state index contributed by atoms with van der Waals surface area (Å²) in [6.07, 6.45) is 2.56. The van der Waals surface area contributed by atoms with Crippen molar-refractivity contribution in [3.63, 3.8) is 0 Å². The molecule has 0 aromatic heterocycles. The molecule has 3 heteroatoms. The van der Waals surface area contributed by atoms with Crippen LogP contribution in [0.2, 0.25) is 0 Å². The summed E-state index contributed by atoms with van der Waals surface area (Å²) in [5, 5.41) is 8.31. The number of hydrogen-bond donors (Lipinski definition) is 1. The van der Waals surface area contributed by atoms with Crippen molar-refractivity contribution in [2.45, 2.75) is 26.2 Å². The highest BCUT2D eigenvalue weighted by Crippen LogP contribution is 2.03. The number of hydrogen-bond acceptors (Lipinski definition) is 1. The molecule has 0 heterocycles. The molecule has 0 saturated carbocycles. The van der Waals surface area contributed by atoms with Gasteiger partial charge in [0.15, 0.2) is 0 Å². The second kappa shape index (κ2) is 6.62. The predicted molar refractivity (Wildman–Crippen MR) is 43.5 cm³/mol. The highest BCUT2D eigenvalue weighted by atomic mass is 35.5. The molecule has 0 atom stereocenters. The van der Waals surface area contributed by atoms with Crippen molar-refractivity contribution in [3.05, 3.63) is 12.2 Å². The van der Waals surface area contributed by atoms with Crippen molar-refractivity contribution in [1.82, 2.24) is 0 Å². The van der Waals surface area contributed by atoms with Gasteiger partial charge in [0.1, 0.15) is 0 Å². The number of halogens is 1. The largest absolute Gasteiger partial charge is 0.478 e. The van der Waals surface area contributed by atoms with E-state index in [9.17, 15) is 4.79 Å². The third-order valence-corrected chi connectivity index (χ3v) is 1.13. The van der Waals surface area contributed by atoms with Gasteiger partial charge in [0.2, 0.25) is 0 Å². The van der Waals surface area contributed by atoms with Crippen LogP contribution < -0.4 is 0 Å². The molecule has 0 rings (SSSR count). The van der Waals surface area contributed by atoms with Crippen molar-refractivity contribution in [2.75, 3.05) is 0 Å². The number of carboxylic acid groups (broad SMARTS) is 1. The van der Waals surface area contributed by atoms with Crippen molar-refractivity contribution in [3.8, 4) is 0 Å². The molecule has 0 radical (unpaired) electrons. The molecular formula is C7H13ClO2. The fourth-order valence-electron chi connectivity index (χ4n) is 0.497. The fraction of sp³-hybridized carbons (Fsp3) is 0.571. The maximum Gasteiger partial charge on any atom is 0.330 e. The van der Waals surface area contributed by atoms with Gasteiger partial charge < -0.3 is 5.11 Å². The van der Waals surface area contributed by atoms with Gasteiger partial charge in [-0.25, -0.2) is 4.79 Å². The van der Waals surface area contributed by atoms with Crippen LogP contribution in [-0.4, -0.2) is 11.1 Å². The van der Waals surface area contributed by atoms with Gasteiger partial charge in [-0.1, -0.05) is 19.9 Å². The smallest absolute Gasteiger partial charge is 0.330 e. The molecule has 1 N–H and O–H groups in total. The first-order chi connectivity index (χ1) is 4.18. The van der Waals surface area contributed by atoms with Crippen molar-refractivity contribution in [2.24, 2.45) is 0 Å². The summed E-state index contributed by atoms with van der Waals surface area (Å²) in [6, 6.07) is 0. The Balaban J connectivity index is 0. The van der Waals surface area contributed by atoms with E-state index in [1.54, 1.807) is 0 Å². The van der Waals surface area contributed by atoms with Crippen LogP contribution >= 0.6 is 12.4 Å². The highest BCUT2D eigenvalue weighted by Gasteiger charge is 2.00. The van der Waals surface area contributed by atoms with Crippen LogP contribution in [0, 0.1) is 0 Å². The zero-order valence-corrected chi connectivity index (χ0v) is 6.91. The minimum Gasteiger partial charge on any atom is -0.478 e. The Morgan fingerprint density at radius 1 is 1.60 bits per heavy atom. The van der Waals surface area contributed by atoms with E-state index in [-0.39, 0.29) is 12.4 Å². The van der Waals surface area contributed by atoms with Gasteiger partial charge in [-0.2, -0.15) is 0 Å². The lowest BCUT2D eigenvalue weighted by Crippen LogP contribution is -1.97. The summed E-state index contributed by atoms with van der Waals surface area (Å²) in [5.74, 6) is -0.872. The Morgan fingerprint density at radius 3 is 2.40 bits per heavy atom. The van der Waals surface area contributed by atoms with Crippen LogP contribution in [0.1, 0.15) is 26.2 Å². The Morgan fingerprint density at radius 2 is 2.10 bits per heavy atom. The SMILES string of the molecule is C=C(CCCC)C(=O)O.Cl. The van der Waals surface area contributed by atoms with E-state index in [1.807, 2.05) is 6.92 Å². The fourth-order valence-corrected chi connectivity index (χ4v) is 0.497. The standard InChI is InChI=1S/C7H12O2.ClH/c1-3-4-5-6(2)7(8)9;/h2-5H2,1H3,(H,8,9);1H. The van der Waals surface area contributed by atoms with E-state index in [4.69, 9.17) is 5.11 Å². The van der Waals surface area contributed by atoms with Gasteiger partial charge in [0.25, 0.3) is 0 Å². The van der Waals surface area contributed by atoms with Gasteiger partial charge in [0.05, 0.1) is 0 Å². The summed E-state index contributed by atoms with van der Waals surface area (Å²) in [4.78, 5) is 10.1. The van der Waals surface area contributed by atoms with E-state index in [0.29, 0.717) is 12.0 Å². The zero-order valence-electron chi connectivity index (χ0n) is 6.09.